The molecule has 0 saturated carbocycles. The van der Waals surface area contributed by atoms with E-state index in [1.807, 2.05) is 20.8 Å². The van der Waals surface area contributed by atoms with Gasteiger partial charge in [-0.1, -0.05) is 30.7 Å². The largest absolute Gasteiger partial charge is 0.355 e. The highest BCUT2D eigenvalue weighted by atomic mass is 16.1. The van der Waals surface area contributed by atoms with Crippen molar-refractivity contribution in [2.24, 2.45) is 11.7 Å². The Labute approximate surface area is 103 Å². The Bertz CT molecular complexity index is 388. The average Bonchev–Trinajstić information content (AvgIpc) is 2.30. The predicted molar refractivity (Wildman–Crippen MR) is 70.8 cm³/mol. The summed E-state index contributed by atoms with van der Waals surface area (Å²) >= 11 is 0. The highest BCUT2D eigenvalue weighted by Gasteiger charge is 2.07. The number of rotatable bonds is 5. The van der Waals surface area contributed by atoms with Gasteiger partial charge in [0.05, 0.1) is 6.42 Å². The van der Waals surface area contributed by atoms with Crippen LogP contribution in [0.3, 0.4) is 0 Å². The lowest BCUT2D eigenvalue weighted by Crippen LogP contribution is -2.32. The second kappa shape index (κ2) is 6.40. The van der Waals surface area contributed by atoms with Crippen molar-refractivity contribution in [2.45, 2.75) is 27.2 Å². The van der Waals surface area contributed by atoms with E-state index in [-0.39, 0.29) is 5.91 Å². The van der Waals surface area contributed by atoms with E-state index in [9.17, 15) is 4.79 Å². The molecular weight excluding hydrogens is 212 g/mol. The van der Waals surface area contributed by atoms with E-state index in [1.165, 1.54) is 5.56 Å². The van der Waals surface area contributed by atoms with Crippen LogP contribution < -0.4 is 11.1 Å². The summed E-state index contributed by atoms with van der Waals surface area (Å²) in [5, 5.41) is 2.91. The third-order valence-corrected chi connectivity index (χ3v) is 2.91. The molecule has 0 heterocycles. The Morgan fingerprint density at radius 1 is 1.41 bits per heavy atom. The van der Waals surface area contributed by atoms with Gasteiger partial charge in [-0.05, 0) is 37.4 Å². The summed E-state index contributed by atoms with van der Waals surface area (Å²) in [4.78, 5) is 11.7. The highest BCUT2D eigenvalue weighted by Crippen LogP contribution is 2.11. The van der Waals surface area contributed by atoms with Crippen molar-refractivity contribution in [1.29, 1.82) is 0 Å². The van der Waals surface area contributed by atoms with E-state index >= 15 is 0 Å². The fraction of sp³-hybridized carbons (Fsp3) is 0.500. The Morgan fingerprint density at radius 2 is 2.12 bits per heavy atom. The molecule has 1 unspecified atom stereocenters. The van der Waals surface area contributed by atoms with Crippen LogP contribution in [-0.4, -0.2) is 19.0 Å². The molecule has 3 nitrogen and oxygen atoms in total. The van der Waals surface area contributed by atoms with Crippen LogP contribution in [0, 0.1) is 19.8 Å². The summed E-state index contributed by atoms with van der Waals surface area (Å²) in [6.45, 7) is 7.35. The molecule has 0 saturated heterocycles. The molecule has 3 heteroatoms. The van der Waals surface area contributed by atoms with Crippen molar-refractivity contribution in [1.82, 2.24) is 5.32 Å². The number of benzene rings is 1. The minimum atomic E-state index is 0.0685. The van der Waals surface area contributed by atoms with E-state index in [0.717, 1.165) is 11.1 Å². The number of nitrogens with two attached hydrogens (primary N) is 1. The number of carbonyl (C=O) groups is 1. The number of nitrogens with one attached hydrogen (secondary N) is 1. The van der Waals surface area contributed by atoms with Gasteiger partial charge in [-0.15, -0.1) is 0 Å². The van der Waals surface area contributed by atoms with Crippen molar-refractivity contribution in [3.8, 4) is 0 Å². The van der Waals surface area contributed by atoms with Crippen molar-refractivity contribution in [2.75, 3.05) is 13.1 Å². The van der Waals surface area contributed by atoms with Gasteiger partial charge in [0.2, 0.25) is 5.91 Å². The molecular formula is C14H22N2O. The number of hydrogen-bond donors (Lipinski definition) is 2. The molecule has 0 aliphatic heterocycles. The Morgan fingerprint density at radius 3 is 2.76 bits per heavy atom. The monoisotopic (exact) mass is 234 g/mol. The zero-order chi connectivity index (χ0) is 12.8. The quantitative estimate of drug-likeness (QED) is 0.812. The van der Waals surface area contributed by atoms with E-state index in [4.69, 9.17) is 5.73 Å². The van der Waals surface area contributed by atoms with Crippen molar-refractivity contribution >= 4 is 5.91 Å². The molecule has 0 spiro atoms. The van der Waals surface area contributed by atoms with Gasteiger partial charge in [0, 0.05) is 6.54 Å². The Balaban J connectivity index is 2.53. The third kappa shape index (κ3) is 4.57. The van der Waals surface area contributed by atoms with Crippen LogP contribution in [0.1, 0.15) is 23.6 Å². The summed E-state index contributed by atoms with van der Waals surface area (Å²) in [5.41, 5.74) is 8.96. The normalized spacial score (nSPS) is 12.2. The summed E-state index contributed by atoms with van der Waals surface area (Å²) in [7, 11) is 0. The molecule has 94 valence electrons. The highest BCUT2D eigenvalue weighted by molar-refractivity contribution is 5.78. The van der Waals surface area contributed by atoms with E-state index in [0.29, 0.717) is 25.4 Å². The molecule has 3 N–H and O–H groups in total. The van der Waals surface area contributed by atoms with Crippen LogP contribution in [0.5, 0.6) is 0 Å². The first-order valence-corrected chi connectivity index (χ1v) is 6.05. The first kappa shape index (κ1) is 13.7. The van der Waals surface area contributed by atoms with Gasteiger partial charge in [0.15, 0.2) is 0 Å². The standard InChI is InChI=1S/C14H22N2O/c1-10-4-5-12(3)13(6-10)7-14(17)16-9-11(2)8-15/h4-6,11H,7-9,15H2,1-3H3,(H,16,17). The SMILES string of the molecule is Cc1ccc(C)c(CC(=O)NCC(C)CN)c1. The van der Waals surface area contributed by atoms with Crippen molar-refractivity contribution in [3.05, 3.63) is 34.9 Å². The van der Waals surface area contributed by atoms with Crippen molar-refractivity contribution < 1.29 is 4.79 Å². The molecule has 0 aliphatic rings. The van der Waals surface area contributed by atoms with Crippen LogP contribution in [0.25, 0.3) is 0 Å². The minimum Gasteiger partial charge on any atom is -0.355 e. The molecule has 1 atom stereocenters. The van der Waals surface area contributed by atoms with E-state index in [1.54, 1.807) is 0 Å². The second-order valence-corrected chi connectivity index (χ2v) is 4.75. The van der Waals surface area contributed by atoms with Crippen LogP contribution in [0.2, 0.25) is 0 Å². The Hall–Kier alpha value is -1.35. The molecule has 0 aromatic heterocycles. The number of amides is 1. The zero-order valence-electron chi connectivity index (χ0n) is 10.9. The number of aryl methyl sites for hydroxylation is 2. The molecule has 0 aliphatic carbocycles. The van der Waals surface area contributed by atoms with Crippen molar-refractivity contribution in [3.63, 3.8) is 0 Å². The lowest BCUT2D eigenvalue weighted by molar-refractivity contribution is -0.120. The fourth-order valence-corrected chi connectivity index (χ4v) is 1.60. The van der Waals surface area contributed by atoms with Gasteiger partial charge < -0.3 is 11.1 Å². The Kier molecular flexibility index (Phi) is 5.16. The zero-order valence-corrected chi connectivity index (χ0v) is 10.9. The number of hydrogen-bond acceptors (Lipinski definition) is 2. The lowest BCUT2D eigenvalue weighted by Gasteiger charge is -2.11. The summed E-state index contributed by atoms with van der Waals surface area (Å²) in [5.74, 6) is 0.400. The van der Waals surface area contributed by atoms with Gasteiger partial charge in [-0.2, -0.15) is 0 Å². The van der Waals surface area contributed by atoms with Crippen LogP contribution in [-0.2, 0) is 11.2 Å². The fourth-order valence-electron chi connectivity index (χ4n) is 1.60. The smallest absolute Gasteiger partial charge is 0.224 e. The van der Waals surface area contributed by atoms with E-state index in [2.05, 4.69) is 23.5 Å². The first-order valence-electron chi connectivity index (χ1n) is 6.05. The number of carbonyl (C=O) groups excluding carboxylic acids is 1. The predicted octanol–water partition coefficient (Wildman–Crippen LogP) is 1.56. The van der Waals surface area contributed by atoms with E-state index < -0.39 is 0 Å². The first-order chi connectivity index (χ1) is 8.02. The minimum absolute atomic E-state index is 0.0685. The third-order valence-electron chi connectivity index (χ3n) is 2.91. The van der Waals surface area contributed by atoms with Gasteiger partial charge in [0.1, 0.15) is 0 Å². The van der Waals surface area contributed by atoms with Gasteiger partial charge in [-0.25, -0.2) is 0 Å². The molecule has 0 fully saturated rings. The second-order valence-electron chi connectivity index (χ2n) is 4.75. The molecule has 1 amide bonds. The van der Waals surface area contributed by atoms with Crippen LogP contribution >= 0.6 is 0 Å². The maximum absolute atomic E-state index is 11.7. The van der Waals surface area contributed by atoms with Gasteiger partial charge >= 0.3 is 0 Å². The lowest BCUT2D eigenvalue weighted by atomic mass is 10.0. The molecule has 0 radical (unpaired) electrons. The van der Waals surface area contributed by atoms with Gasteiger partial charge in [-0.3, -0.25) is 4.79 Å². The molecule has 0 bridgehead atoms. The summed E-state index contributed by atoms with van der Waals surface area (Å²) in [6, 6.07) is 6.19. The topological polar surface area (TPSA) is 55.1 Å². The average molecular weight is 234 g/mol. The maximum Gasteiger partial charge on any atom is 0.224 e. The van der Waals surface area contributed by atoms with Crippen LogP contribution in [0.4, 0.5) is 0 Å². The maximum atomic E-state index is 11.7. The molecule has 1 aromatic carbocycles. The molecule has 17 heavy (non-hydrogen) atoms. The molecule has 1 aromatic rings. The van der Waals surface area contributed by atoms with Crippen LogP contribution in [0.15, 0.2) is 18.2 Å². The summed E-state index contributed by atoms with van der Waals surface area (Å²) in [6.07, 6.45) is 0.449. The van der Waals surface area contributed by atoms with Gasteiger partial charge in [0.25, 0.3) is 0 Å². The molecule has 1 rings (SSSR count). The summed E-state index contributed by atoms with van der Waals surface area (Å²) < 4.78 is 0.